The van der Waals surface area contributed by atoms with Crippen LogP contribution in [0, 0.1) is 6.92 Å². The number of primary amides is 1. The molecule has 1 aliphatic carbocycles. The van der Waals surface area contributed by atoms with Gasteiger partial charge in [0.1, 0.15) is 31.5 Å². The maximum Gasteiger partial charge on any atom is 0.433 e. The summed E-state index contributed by atoms with van der Waals surface area (Å²) in [5.74, 6) is 0. The average Bonchev–Trinajstić information content (AvgIpc) is 3.32. The Morgan fingerprint density at radius 1 is 1.39 bits per heavy atom. The average molecular weight is 482 g/mol. The first-order valence-corrected chi connectivity index (χ1v) is 10.9. The Kier molecular flexibility index (Phi) is 7.75. The zero-order valence-electron chi connectivity index (χ0n) is 16.6. The van der Waals surface area contributed by atoms with Crippen molar-refractivity contribution in [2.24, 2.45) is 10.9 Å². The minimum atomic E-state index is -4.53. The van der Waals surface area contributed by atoms with E-state index in [1.807, 2.05) is 0 Å². The molecule has 0 aromatic carbocycles. The predicted octanol–water partition coefficient (Wildman–Crippen LogP) is 1.71. The molecule has 0 radical (unpaired) electrons. The standard InChI is InChI=1S/C11H12F3N3O.C6H10N2O3S2/c1-5-8(17-10(15)18)6-3-2-4-7(6)16-9(5)11(12,13)14;1-6(10,3-9)5-8-2-4(12-5)13(7)11/h2-4H2,1H3,(H3,15,16,17,18);2,9-10H,3,7H2,1H3. The predicted molar refractivity (Wildman–Crippen MR) is 109 cm³/mol. The van der Waals surface area contributed by atoms with Gasteiger partial charge in [-0.15, -0.1) is 11.3 Å². The molecule has 0 saturated carbocycles. The molecule has 2 aromatic rings. The minimum Gasteiger partial charge on any atom is -0.393 e. The van der Waals surface area contributed by atoms with Gasteiger partial charge in [0, 0.05) is 11.3 Å². The first-order chi connectivity index (χ1) is 14.3. The quantitative estimate of drug-likeness (QED) is 0.446. The number of pyridine rings is 1. The lowest BCUT2D eigenvalue weighted by atomic mass is 10.1. The molecule has 0 saturated heterocycles. The van der Waals surface area contributed by atoms with Crippen LogP contribution < -0.4 is 16.2 Å². The number of aliphatic hydroxyl groups is 2. The van der Waals surface area contributed by atoms with Crippen molar-refractivity contribution in [3.8, 4) is 0 Å². The minimum absolute atomic E-state index is 0.0815. The molecule has 1 aliphatic rings. The van der Waals surface area contributed by atoms with Gasteiger partial charge in [0.25, 0.3) is 0 Å². The Bertz CT molecular complexity index is 995. The molecule has 0 bridgehead atoms. The summed E-state index contributed by atoms with van der Waals surface area (Å²) in [6.45, 7) is 2.28. The molecule has 0 spiro atoms. The molecule has 2 heterocycles. The van der Waals surface area contributed by atoms with Crippen molar-refractivity contribution < 1.29 is 32.4 Å². The number of thiazole rings is 1. The molecule has 3 rings (SSSR count). The lowest BCUT2D eigenvalue weighted by Gasteiger charge is -2.17. The number of carbonyl (C=O) groups is 1. The van der Waals surface area contributed by atoms with Crippen LogP contribution in [0.4, 0.5) is 23.7 Å². The molecule has 31 heavy (non-hydrogen) atoms. The molecule has 2 atom stereocenters. The Balaban J connectivity index is 0.000000233. The van der Waals surface area contributed by atoms with E-state index in [1.165, 1.54) is 20.0 Å². The second kappa shape index (κ2) is 9.56. The smallest absolute Gasteiger partial charge is 0.393 e. The van der Waals surface area contributed by atoms with Crippen LogP contribution in [0.1, 0.15) is 40.9 Å². The van der Waals surface area contributed by atoms with Crippen molar-refractivity contribution >= 4 is 34.0 Å². The van der Waals surface area contributed by atoms with Crippen LogP contribution in [0.2, 0.25) is 0 Å². The number of nitrogens with two attached hydrogens (primary N) is 2. The second-order valence-corrected chi connectivity index (χ2v) is 9.26. The molecule has 172 valence electrons. The summed E-state index contributed by atoms with van der Waals surface area (Å²) in [4.78, 5) is 18.4. The maximum absolute atomic E-state index is 12.8. The summed E-state index contributed by atoms with van der Waals surface area (Å²) in [7, 11) is -1.58. The van der Waals surface area contributed by atoms with Crippen molar-refractivity contribution in [3.05, 3.63) is 33.7 Å². The third kappa shape index (κ3) is 5.98. The lowest BCUT2D eigenvalue weighted by molar-refractivity contribution is -0.141. The van der Waals surface area contributed by atoms with Gasteiger partial charge in [0.15, 0.2) is 0 Å². The molecule has 0 fully saturated rings. The van der Waals surface area contributed by atoms with Crippen molar-refractivity contribution in [2.75, 3.05) is 11.9 Å². The molecule has 2 amide bonds. The van der Waals surface area contributed by atoms with Gasteiger partial charge >= 0.3 is 12.2 Å². The van der Waals surface area contributed by atoms with E-state index in [4.69, 9.17) is 16.0 Å². The molecule has 9 nitrogen and oxygen atoms in total. The molecule has 2 aromatic heterocycles. The van der Waals surface area contributed by atoms with Gasteiger partial charge < -0.3 is 21.3 Å². The number of amides is 2. The van der Waals surface area contributed by atoms with E-state index in [9.17, 15) is 27.3 Å². The van der Waals surface area contributed by atoms with E-state index in [-0.39, 0.29) is 11.3 Å². The van der Waals surface area contributed by atoms with Gasteiger partial charge in [0.2, 0.25) is 0 Å². The van der Waals surface area contributed by atoms with E-state index in [1.54, 1.807) is 0 Å². The third-order valence-electron chi connectivity index (χ3n) is 4.44. The van der Waals surface area contributed by atoms with Crippen LogP contribution in [0.3, 0.4) is 0 Å². The number of urea groups is 1. The van der Waals surface area contributed by atoms with Crippen LogP contribution in [-0.2, 0) is 35.6 Å². The van der Waals surface area contributed by atoms with Crippen LogP contribution >= 0.6 is 11.3 Å². The number of rotatable bonds is 4. The van der Waals surface area contributed by atoms with Gasteiger partial charge in [-0.05, 0) is 38.7 Å². The van der Waals surface area contributed by atoms with E-state index >= 15 is 0 Å². The number of aromatic nitrogens is 2. The highest BCUT2D eigenvalue weighted by atomic mass is 32.2. The van der Waals surface area contributed by atoms with Gasteiger partial charge in [0.05, 0.1) is 18.5 Å². The van der Waals surface area contributed by atoms with Crippen LogP contribution in [0.15, 0.2) is 10.4 Å². The fourth-order valence-corrected chi connectivity index (χ4v) is 4.33. The fraction of sp³-hybridized carbons (Fsp3) is 0.471. The van der Waals surface area contributed by atoms with Crippen LogP contribution in [-0.4, -0.2) is 37.0 Å². The molecule has 14 heteroatoms. The molecular weight excluding hydrogens is 459 g/mol. The molecule has 7 N–H and O–H groups in total. The largest absolute Gasteiger partial charge is 0.433 e. The Labute approximate surface area is 182 Å². The zero-order valence-corrected chi connectivity index (χ0v) is 18.2. The zero-order chi connectivity index (χ0) is 23.6. The summed E-state index contributed by atoms with van der Waals surface area (Å²) in [6.07, 6.45) is -1.37. The van der Waals surface area contributed by atoms with Crippen molar-refractivity contribution in [1.29, 1.82) is 0 Å². The van der Waals surface area contributed by atoms with Gasteiger partial charge in [-0.1, -0.05) is 0 Å². The number of aliphatic hydroxyl groups excluding tert-OH is 1. The summed E-state index contributed by atoms with van der Waals surface area (Å²) < 4.78 is 49.7. The van der Waals surface area contributed by atoms with Crippen LogP contribution in [0.5, 0.6) is 0 Å². The Hall–Kier alpha value is -2.13. The number of fused-ring (bicyclic) bond motifs is 1. The lowest BCUT2D eigenvalue weighted by Crippen LogP contribution is -2.25. The molecular formula is C17H22F3N5O4S2. The van der Waals surface area contributed by atoms with Crippen molar-refractivity contribution in [3.63, 3.8) is 0 Å². The summed E-state index contributed by atoms with van der Waals surface area (Å²) in [5, 5.41) is 26.1. The normalized spacial score (nSPS) is 16.0. The topological polar surface area (TPSA) is 164 Å². The van der Waals surface area contributed by atoms with Crippen molar-refractivity contribution in [1.82, 2.24) is 9.97 Å². The SMILES string of the molecule is CC(O)(CO)c1ncc(S(N)=O)s1.Cc1c(C(F)(F)F)nc2c(c1NC(N)=O)CCC2. The number of nitrogens with zero attached hydrogens (tertiary/aromatic N) is 2. The number of alkyl halides is 3. The number of carbonyl (C=O) groups excluding carboxylic acids is 1. The highest BCUT2D eigenvalue weighted by Crippen LogP contribution is 2.38. The molecule has 0 aliphatic heterocycles. The first-order valence-electron chi connectivity index (χ1n) is 8.89. The number of nitrogens with one attached hydrogen (secondary N) is 1. The number of hydrogen-bond donors (Lipinski definition) is 5. The van der Waals surface area contributed by atoms with Gasteiger partial charge in [-0.2, -0.15) is 13.2 Å². The van der Waals surface area contributed by atoms with E-state index < -0.39 is 41.1 Å². The Morgan fingerprint density at radius 3 is 2.52 bits per heavy atom. The monoisotopic (exact) mass is 481 g/mol. The second-order valence-electron chi connectivity index (χ2n) is 6.94. The number of aryl methyl sites for hydroxylation is 1. The van der Waals surface area contributed by atoms with E-state index in [0.717, 1.165) is 17.8 Å². The highest BCUT2D eigenvalue weighted by molar-refractivity contribution is 7.85. The number of anilines is 1. The van der Waals surface area contributed by atoms with E-state index in [0.29, 0.717) is 33.3 Å². The van der Waals surface area contributed by atoms with Crippen LogP contribution in [0.25, 0.3) is 0 Å². The third-order valence-corrected chi connectivity index (χ3v) is 6.73. The van der Waals surface area contributed by atoms with Gasteiger partial charge in [-0.3, -0.25) is 0 Å². The maximum atomic E-state index is 12.8. The Morgan fingerprint density at radius 2 is 2.03 bits per heavy atom. The van der Waals surface area contributed by atoms with Crippen molar-refractivity contribution in [2.45, 2.75) is 49.1 Å². The number of hydrogen-bond acceptors (Lipinski definition) is 7. The van der Waals surface area contributed by atoms with E-state index in [2.05, 4.69) is 15.3 Å². The highest BCUT2D eigenvalue weighted by Gasteiger charge is 2.37. The number of halogens is 3. The van der Waals surface area contributed by atoms with Gasteiger partial charge in [-0.25, -0.2) is 24.1 Å². The molecule has 2 unspecified atom stereocenters. The summed E-state index contributed by atoms with van der Waals surface area (Å²) in [6, 6.07) is -0.869. The summed E-state index contributed by atoms with van der Waals surface area (Å²) >= 11 is 1.03. The summed E-state index contributed by atoms with van der Waals surface area (Å²) in [5.41, 5.74) is 3.80. The first kappa shape index (κ1) is 25.1. The fourth-order valence-electron chi connectivity index (χ4n) is 2.92.